The highest BCUT2D eigenvalue weighted by Crippen LogP contribution is 2.67. The van der Waals surface area contributed by atoms with E-state index < -0.39 is 10.8 Å². The minimum Gasteiger partial charge on any atom is -0.454 e. The lowest BCUT2D eigenvalue weighted by Crippen LogP contribution is -2.29. The topological polar surface area (TPSA) is 65.5 Å². The smallest absolute Gasteiger partial charge is 0.159 e. The van der Waals surface area contributed by atoms with Crippen LogP contribution in [0.4, 0.5) is 68.2 Å². The fourth-order valence-corrected chi connectivity index (χ4v) is 25.1. The summed E-state index contributed by atoms with van der Waals surface area (Å²) in [5.74, 6) is 0. The molecule has 682 valence electrons. The van der Waals surface area contributed by atoms with Gasteiger partial charge in [0, 0.05) is 87.4 Å². The van der Waals surface area contributed by atoms with Gasteiger partial charge in [-0.2, -0.15) is 0 Å². The zero-order valence-electron chi connectivity index (χ0n) is 79.1. The molecule has 146 heavy (non-hydrogen) atoms. The third-order valence-electron chi connectivity index (χ3n) is 31.1. The molecule has 4 aromatic heterocycles. The molecule has 0 spiro atoms. The van der Waals surface area contributed by atoms with Crippen molar-refractivity contribution in [1.29, 1.82) is 0 Å². The molecule has 0 fully saturated rings. The lowest BCUT2D eigenvalue weighted by molar-refractivity contribution is 0.668. The van der Waals surface area contributed by atoms with Gasteiger partial charge in [-0.3, -0.25) is 0 Å². The van der Waals surface area contributed by atoms with Crippen LogP contribution in [-0.2, 0) is 10.8 Å². The van der Waals surface area contributed by atoms with Gasteiger partial charge in [0.05, 0.1) is 56.3 Å². The molecule has 0 bridgehead atoms. The summed E-state index contributed by atoms with van der Waals surface area (Å²) in [5.41, 5.74) is 31.4. The average Bonchev–Trinajstić information content (AvgIpc) is 1.51. The van der Waals surface area contributed by atoms with Gasteiger partial charge in [0.1, 0.15) is 22.3 Å². The van der Waals surface area contributed by atoms with Crippen molar-refractivity contribution in [3.05, 3.63) is 566 Å². The van der Waals surface area contributed by atoms with Crippen molar-refractivity contribution >= 4 is 199 Å². The number of benzene rings is 24. The van der Waals surface area contributed by atoms with E-state index >= 15 is 0 Å². The van der Waals surface area contributed by atoms with E-state index in [1.54, 1.807) is 0 Å². The maximum atomic E-state index is 7.30. The van der Waals surface area contributed by atoms with Gasteiger partial charge in [0.15, 0.2) is 22.3 Å². The zero-order valence-corrected chi connectivity index (χ0v) is 79.1. The quantitative estimate of drug-likeness (QED) is 0.0894. The third-order valence-corrected chi connectivity index (χ3v) is 31.1. The van der Waals surface area contributed by atoms with Crippen molar-refractivity contribution in [2.24, 2.45) is 0 Å². The first-order valence-electron chi connectivity index (χ1n) is 50.1. The second-order valence-corrected chi connectivity index (χ2v) is 38.5. The Morgan fingerprint density at radius 3 is 0.658 bits per heavy atom. The lowest BCUT2D eigenvalue weighted by atomic mass is 9.66. The van der Waals surface area contributed by atoms with Gasteiger partial charge >= 0.3 is 0 Å². The van der Waals surface area contributed by atoms with E-state index in [1.165, 1.54) is 0 Å². The van der Waals surface area contributed by atoms with Gasteiger partial charge < -0.3 is 37.3 Å². The molecule has 8 nitrogen and oxygen atoms in total. The molecule has 0 saturated heterocycles. The van der Waals surface area contributed by atoms with Gasteiger partial charge in [0.25, 0.3) is 0 Å². The van der Waals surface area contributed by atoms with E-state index in [9.17, 15) is 0 Å². The van der Waals surface area contributed by atoms with Crippen LogP contribution in [0.5, 0.6) is 0 Å². The summed E-state index contributed by atoms with van der Waals surface area (Å²) in [6.07, 6.45) is 0. The largest absolute Gasteiger partial charge is 0.454 e. The van der Waals surface area contributed by atoms with Gasteiger partial charge in [-0.25, -0.2) is 0 Å². The first-order chi connectivity index (χ1) is 72.5. The maximum absolute atomic E-state index is 7.30. The molecule has 0 N–H and O–H groups in total. The highest BCUT2D eigenvalue weighted by molar-refractivity contribution is 6.25. The van der Waals surface area contributed by atoms with Crippen LogP contribution in [0.1, 0.15) is 44.5 Å². The molecule has 0 unspecified atom stereocenters. The number of anilines is 12. The number of furan rings is 4. The minimum absolute atomic E-state index is 0.784. The SMILES string of the molecule is c1ccc(N(c2cc3c(c4ccccc24)-c2c(cc(N(c4ccccc4)c4cccc5c4oc4ccccc45)c4ccccc24)C3(c2ccccc2)c2cccc(-c3ccc4c(N(c5ccccc5)c5cccc6c5oc5ccccc56)cc5c(c4c3)-c3c(cc(N(c4ccccc4)c4cccc6c4oc4ccccc46)c4ccccc34)C5(c3ccccc3)c3ccccc3)c2)c2cccc3c2oc2ccccc23)cc1. The van der Waals surface area contributed by atoms with Crippen molar-refractivity contribution in [2.75, 3.05) is 19.6 Å². The molecule has 2 aliphatic rings. The summed E-state index contributed by atoms with van der Waals surface area (Å²) in [7, 11) is 0. The Kier molecular flexibility index (Phi) is 18.5. The molecule has 30 rings (SSSR count). The van der Waals surface area contributed by atoms with E-state index in [0.29, 0.717) is 0 Å². The minimum atomic E-state index is -1.13. The summed E-state index contributed by atoms with van der Waals surface area (Å²) < 4.78 is 28.9. The van der Waals surface area contributed by atoms with Crippen LogP contribution in [-0.4, -0.2) is 0 Å². The van der Waals surface area contributed by atoms with Crippen LogP contribution in [0.3, 0.4) is 0 Å². The molecular weight excluding hydrogens is 1780 g/mol. The van der Waals surface area contributed by atoms with Gasteiger partial charge in [0.2, 0.25) is 0 Å². The Hall–Kier alpha value is -19.3. The number of hydrogen-bond acceptors (Lipinski definition) is 8. The molecule has 28 aromatic rings. The first kappa shape index (κ1) is 82.6. The predicted molar refractivity (Wildman–Crippen MR) is 604 cm³/mol. The van der Waals surface area contributed by atoms with Crippen molar-refractivity contribution in [3.8, 4) is 33.4 Å². The summed E-state index contributed by atoms with van der Waals surface area (Å²) in [6.45, 7) is 0. The Morgan fingerprint density at radius 2 is 0.356 bits per heavy atom. The fraction of sp³-hybridized carbons (Fsp3) is 0.0145. The van der Waals surface area contributed by atoms with Crippen LogP contribution in [0.2, 0.25) is 0 Å². The number of fused-ring (bicyclic) bond motifs is 26. The van der Waals surface area contributed by atoms with E-state index in [1.807, 2.05) is 0 Å². The summed E-state index contributed by atoms with van der Waals surface area (Å²) in [5, 5.41) is 17.0. The number of para-hydroxylation sites is 12. The van der Waals surface area contributed by atoms with Gasteiger partial charge in [-0.15, -0.1) is 0 Å². The van der Waals surface area contributed by atoms with Crippen LogP contribution in [0, 0.1) is 0 Å². The van der Waals surface area contributed by atoms with E-state index in [2.05, 4.69) is 541 Å². The van der Waals surface area contributed by atoms with Crippen LogP contribution >= 0.6 is 0 Å². The van der Waals surface area contributed by atoms with Gasteiger partial charge in [-0.05, 0) is 233 Å². The molecule has 0 atom stereocenters. The van der Waals surface area contributed by atoms with Crippen molar-refractivity contribution < 1.29 is 17.7 Å². The fourth-order valence-electron chi connectivity index (χ4n) is 25.1. The molecule has 0 amide bonds. The number of nitrogens with zero attached hydrogens (tertiary/aromatic N) is 4. The van der Waals surface area contributed by atoms with E-state index in [4.69, 9.17) is 17.7 Å². The molecule has 0 saturated carbocycles. The van der Waals surface area contributed by atoms with E-state index in [-0.39, 0.29) is 0 Å². The molecule has 4 heterocycles. The molecule has 2 aliphatic carbocycles. The van der Waals surface area contributed by atoms with E-state index in [0.717, 1.165) is 277 Å². The lowest BCUT2D eigenvalue weighted by Gasteiger charge is -2.36. The normalized spacial score (nSPS) is 12.9. The van der Waals surface area contributed by atoms with Crippen molar-refractivity contribution in [2.45, 2.75) is 10.8 Å². The second-order valence-electron chi connectivity index (χ2n) is 38.5. The molecular formula is C138H86N4O4. The molecule has 8 heteroatoms. The molecule has 0 radical (unpaired) electrons. The number of rotatable bonds is 17. The van der Waals surface area contributed by atoms with Crippen LogP contribution < -0.4 is 19.6 Å². The summed E-state index contributed by atoms with van der Waals surface area (Å²) >= 11 is 0. The monoisotopic (exact) mass is 1860 g/mol. The highest BCUT2D eigenvalue weighted by atomic mass is 16.3. The second kappa shape index (κ2) is 32.7. The standard InChI is InChI=1S/C138H86N4O4/c1-8-42-89(43-9-1)137(90-44-10-2-11-45-90)113-83-121(139(93-49-14-4-15-50-93)117-71-37-67-108-101-60-28-32-75-125(101)143-133(108)117)99-59-24-27-66-107(99)131(113)132-112-82-88(79-80-100(112)124(86-116(132)137)142(96-55-20-7-21-56-96)120-74-40-70-111-104-63-31-35-78-128(104)146-136(111)120)87-41-36-48-92(81-87)138(91-46-12-3-13-47-91)114-84-122(140(94-51-16-5-17-52-94)118-72-38-68-109-102-61-29-33-76-126(102)144-134(109)118)97-57-22-25-64-105(97)129(114)130-106-65-26-23-58-98(106)123(85-115(130)138)141(95-53-18-6-19-54-95)119-73-39-69-110-103-62-30-34-77-127(103)145-135(110)119/h1-86H. The first-order valence-corrected chi connectivity index (χ1v) is 50.1. The predicted octanol–water partition coefficient (Wildman–Crippen LogP) is 38.2. The summed E-state index contributed by atoms with van der Waals surface area (Å²) in [6, 6.07) is 193. The Bertz CT molecular complexity index is 9890. The Labute approximate surface area is 840 Å². The van der Waals surface area contributed by atoms with Crippen molar-refractivity contribution in [1.82, 2.24) is 0 Å². The highest BCUT2D eigenvalue weighted by Gasteiger charge is 2.52. The third kappa shape index (κ3) is 12.1. The van der Waals surface area contributed by atoms with Crippen LogP contribution in [0.25, 0.3) is 164 Å². The zero-order chi connectivity index (χ0) is 95.8. The Balaban J connectivity index is 0.736. The number of hydrogen-bond donors (Lipinski definition) is 0. The van der Waals surface area contributed by atoms with Crippen LogP contribution in [0.15, 0.2) is 539 Å². The molecule has 24 aromatic carbocycles. The maximum Gasteiger partial charge on any atom is 0.159 e. The van der Waals surface area contributed by atoms with Gasteiger partial charge in [-0.1, -0.05) is 388 Å². The van der Waals surface area contributed by atoms with Crippen molar-refractivity contribution in [3.63, 3.8) is 0 Å². The Morgan fingerprint density at radius 1 is 0.137 bits per heavy atom. The molecule has 0 aliphatic heterocycles. The summed E-state index contributed by atoms with van der Waals surface area (Å²) in [4.78, 5) is 9.86. The average molecular weight is 1860 g/mol.